The molecule has 32 heavy (non-hydrogen) atoms. The van der Waals surface area contributed by atoms with Crippen LogP contribution in [0.15, 0.2) is 51.3 Å². The Hall–Kier alpha value is -2.62. The van der Waals surface area contributed by atoms with E-state index in [2.05, 4.69) is 33.3 Å². The van der Waals surface area contributed by atoms with Crippen molar-refractivity contribution in [1.29, 1.82) is 0 Å². The molecule has 1 N–H and O–H groups in total. The second-order valence-electron chi connectivity index (χ2n) is 7.79. The van der Waals surface area contributed by atoms with Crippen LogP contribution in [0.1, 0.15) is 26.5 Å². The maximum Gasteiger partial charge on any atom is 0.264 e. The Morgan fingerprint density at radius 1 is 1.19 bits per heavy atom. The number of aliphatic imine (C=N–C) groups is 2. The highest BCUT2D eigenvalue weighted by Crippen LogP contribution is 2.27. The number of allylic oxidation sites excluding steroid dienone is 1. The fraction of sp³-hybridized carbons (Fsp3) is 0.348. The molecular formula is C23H27N5O2S2. The maximum absolute atomic E-state index is 13.0. The van der Waals surface area contributed by atoms with E-state index < -0.39 is 10.8 Å². The fourth-order valence-corrected chi connectivity index (χ4v) is 5.14. The minimum Gasteiger partial charge on any atom is -0.335 e. The van der Waals surface area contributed by atoms with Crippen molar-refractivity contribution >= 4 is 52.0 Å². The Morgan fingerprint density at radius 2 is 2.00 bits per heavy atom. The van der Waals surface area contributed by atoms with Crippen molar-refractivity contribution in [2.24, 2.45) is 9.98 Å². The van der Waals surface area contributed by atoms with E-state index in [-0.39, 0.29) is 5.91 Å². The van der Waals surface area contributed by atoms with Crippen LogP contribution in [0.5, 0.6) is 0 Å². The molecular weight excluding hydrogens is 442 g/mol. The standard InChI is InChI=1S/C23H27N5O2S2/c1-27-10-12-28(13-11-27)22(29)21-14-17-16-25-23(24-9-4-3-8-20(17)31-21)26-18-6-5-7-19(15-18)32(2)30/h3,5-9,14-15H,4,10-13,16H2,1-2H3,(H,25,26)/b8-3-,24-9?. The van der Waals surface area contributed by atoms with Gasteiger partial charge in [-0.05, 0) is 43.0 Å². The molecule has 0 saturated carbocycles. The highest BCUT2D eigenvalue weighted by atomic mass is 32.2. The Kier molecular flexibility index (Phi) is 7.29. The van der Waals surface area contributed by atoms with Crippen LogP contribution in [0.25, 0.3) is 6.08 Å². The van der Waals surface area contributed by atoms with E-state index in [1.165, 1.54) is 11.3 Å². The van der Waals surface area contributed by atoms with Gasteiger partial charge in [0.15, 0.2) is 0 Å². The van der Waals surface area contributed by atoms with Gasteiger partial charge in [0.1, 0.15) is 0 Å². The van der Waals surface area contributed by atoms with E-state index in [4.69, 9.17) is 0 Å². The van der Waals surface area contributed by atoms with Crippen molar-refractivity contribution in [3.8, 4) is 0 Å². The van der Waals surface area contributed by atoms with Gasteiger partial charge in [-0.25, -0.2) is 9.98 Å². The highest BCUT2D eigenvalue weighted by molar-refractivity contribution is 7.84. The van der Waals surface area contributed by atoms with Gasteiger partial charge >= 0.3 is 0 Å². The number of thiophene rings is 1. The van der Waals surface area contributed by atoms with E-state index in [0.717, 1.165) is 52.1 Å². The Morgan fingerprint density at radius 3 is 2.78 bits per heavy atom. The summed E-state index contributed by atoms with van der Waals surface area (Å²) in [6, 6.07) is 9.41. The third kappa shape index (κ3) is 5.59. The normalized spacial score (nSPS) is 19.1. The molecule has 9 heteroatoms. The summed E-state index contributed by atoms with van der Waals surface area (Å²) in [6.45, 7) is 3.75. The molecule has 3 heterocycles. The van der Waals surface area contributed by atoms with Crippen molar-refractivity contribution in [2.75, 3.05) is 44.8 Å². The number of rotatable bonds is 3. The monoisotopic (exact) mass is 469 g/mol. The van der Waals surface area contributed by atoms with Crippen molar-refractivity contribution in [1.82, 2.24) is 9.80 Å². The molecule has 1 unspecified atom stereocenters. The largest absolute Gasteiger partial charge is 0.335 e. The summed E-state index contributed by atoms with van der Waals surface area (Å²) in [7, 11) is 1.02. The lowest BCUT2D eigenvalue weighted by Gasteiger charge is -2.32. The van der Waals surface area contributed by atoms with Gasteiger partial charge in [-0.2, -0.15) is 0 Å². The minimum absolute atomic E-state index is 0.0989. The predicted octanol–water partition coefficient (Wildman–Crippen LogP) is 3.33. The lowest BCUT2D eigenvalue weighted by molar-refractivity contribution is 0.0669. The molecule has 2 aliphatic rings. The van der Waals surface area contributed by atoms with Gasteiger partial charge in [-0.3, -0.25) is 9.00 Å². The average Bonchev–Trinajstić information content (AvgIpc) is 3.20. The summed E-state index contributed by atoms with van der Waals surface area (Å²) in [5, 5.41) is 3.23. The van der Waals surface area contributed by atoms with Gasteiger partial charge in [-0.1, -0.05) is 12.1 Å². The molecule has 1 aromatic carbocycles. The number of anilines is 1. The molecule has 2 aromatic rings. The zero-order valence-corrected chi connectivity index (χ0v) is 19.9. The van der Waals surface area contributed by atoms with Crippen molar-refractivity contribution in [3.05, 3.63) is 51.7 Å². The van der Waals surface area contributed by atoms with E-state index in [9.17, 15) is 9.00 Å². The molecule has 1 atom stereocenters. The van der Waals surface area contributed by atoms with Gasteiger partial charge in [0.2, 0.25) is 5.96 Å². The molecule has 1 aromatic heterocycles. The summed E-state index contributed by atoms with van der Waals surface area (Å²) in [6.07, 6.45) is 8.23. The first-order valence-electron chi connectivity index (χ1n) is 10.5. The summed E-state index contributed by atoms with van der Waals surface area (Å²) in [4.78, 5) is 28.9. The highest BCUT2D eigenvalue weighted by Gasteiger charge is 2.23. The van der Waals surface area contributed by atoms with E-state index in [0.29, 0.717) is 18.9 Å². The first-order chi connectivity index (χ1) is 15.5. The zero-order chi connectivity index (χ0) is 22.5. The third-order valence-corrected chi connectivity index (χ3v) is 7.44. The molecule has 0 radical (unpaired) electrons. The number of hydrogen-bond acceptors (Lipinski definition) is 7. The number of guanidine groups is 1. The van der Waals surface area contributed by atoms with Crippen LogP contribution in [0, 0.1) is 0 Å². The van der Waals surface area contributed by atoms with Crippen LogP contribution >= 0.6 is 11.3 Å². The second-order valence-corrected chi connectivity index (χ2v) is 10.3. The van der Waals surface area contributed by atoms with Crippen LogP contribution in [-0.4, -0.2) is 71.6 Å². The molecule has 1 amide bonds. The van der Waals surface area contributed by atoms with Crippen molar-refractivity contribution in [3.63, 3.8) is 0 Å². The number of likely N-dealkylation sites (N-methyl/N-ethyl adjacent to an activating group) is 1. The average molecular weight is 470 g/mol. The number of fused-ring (bicyclic) bond motifs is 1. The topological polar surface area (TPSA) is 77.4 Å². The first kappa shape index (κ1) is 22.6. The number of piperazine rings is 1. The number of benzene rings is 1. The quantitative estimate of drug-likeness (QED) is 0.748. The smallest absolute Gasteiger partial charge is 0.264 e. The van der Waals surface area contributed by atoms with Crippen LogP contribution in [0.3, 0.4) is 0 Å². The van der Waals surface area contributed by atoms with Crippen LogP contribution in [0.4, 0.5) is 5.69 Å². The lowest BCUT2D eigenvalue weighted by Crippen LogP contribution is -2.46. The van der Waals surface area contributed by atoms with Gasteiger partial charge < -0.3 is 15.1 Å². The van der Waals surface area contributed by atoms with E-state index >= 15 is 0 Å². The molecule has 7 nitrogen and oxygen atoms in total. The molecule has 168 valence electrons. The zero-order valence-electron chi connectivity index (χ0n) is 18.3. The number of carbonyl (C=O) groups is 1. The molecule has 0 bridgehead atoms. The third-order valence-electron chi connectivity index (χ3n) is 5.39. The fourth-order valence-electron chi connectivity index (χ4n) is 3.51. The minimum atomic E-state index is -1.06. The van der Waals surface area contributed by atoms with Gasteiger partial charge in [-0.15, -0.1) is 11.3 Å². The number of nitrogens with one attached hydrogen (secondary N) is 1. The van der Waals surface area contributed by atoms with Crippen LogP contribution in [0.2, 0.25) is 0 Å². The second kappa shape index (κ2) is 10.3. The number of nitrogens with zero attached hydrogens (tertiary/aromatic N) is 4. The number of amides is 1. The van der Waals surface area contributed by atoms with Gasteiger partial charge in [0.25, 0.3) is 5.91 Å². The van der Waals surface area contributed by atoms with Crippen molar-refractivity contribution in [2.45, 2.75) is 17.9 Å². The van der Waals surface area contributed by atoms with Crippen LogP contribution in [-0.2, 0) is 17.3 Å². The summed E-state index contributed by atoms with van der Waals surface area (Å²) >= 11 is 1.53. The molecule has 1 fully saturated rings. The lowest BCUT2D eigenvalue weighted by atomic mass is 10.2. The van der Waals surface area contributed by atoms with E-state index in [1.807, 2.05) is 41.3 Å². The first-order valence-corrected chi connectivity index (χ1v) is 12.9. The SMILES string of the molecule is CN1CCN(C(=O)c2cc3c(s2)/C=C\CC=NC(Nc2cccc(S(C)=O)c2)=NC3)CC1. The van der Waals surface area contributed by atoms with Crippen molar-refractivity contribution < 1.29 is 9.00 Å². The Labute approximate surface area is 195 Å². The van der Waals surface area contributed by atoms with E-state index in [1.54, 1.807) is 12.5 Å². The summed E-state index contributed by atoms with van der Waals surface area (Å²) in [5.74, 6) is 0.588. The molecule has 4 rings (SSSR count). The summed E-state index contributed by atoms with van der Waals surface area (Å²) in [5.41, 5.74) is 1.81. The Bertz CT molecular complexity index is 1100. The molecule has 0 spiro atoms. The maximum atomic E-state index is 13.0. The molecule has 2 aliphatic heterocycles. The van der Waals surface area contributed by atoms with Gasteiger partial charge in [0.05, 0.1) is 11.4 Å². The van der Waals surface area contributed by atoms with Crippen LogP contribution < -0.4 is 5.32 Å². The predicted molar refractivity (Wildman–Crippen MR) is 133 cm³/mol. The van der Waals surface area contributed by atoms with Gasteiger partial charge in [0, 0.05) is 71.3 Å². The molecule has 1 saturated heterocycles. The number of carbonyl (C=O) groups excluding carboxylic acids is 1. The number of hydrogen-bond donors (Lipinski definition) is 1. The molecule has 0 aliphatic carbocycles. The Balaban J connectivity index is 1.53. The summed E-state index contributed by atoms with van der Waals surface area (Å²) < 4.78 is 11.8.